The van der Waals surface area contributed by atoms with Crippen LogP contribution in [0, 0.1) is 5.92 Å². The summed E-state index contributed by atoms with van der Waals surface area (Å²) >= 11 is 0. The number of amides is 1. The summed E-state index contributed by atoms with van der Waals surface area (Å²) in [6.07, 6.45) is 7.64. The Hall–Kier alpha value is -1.84. The van der Waals surface area contributed by atoms with Crippen molar-refractivity contribution in [1.29, 1.82) is 0 Å². The number of hydrogen-bond acceptors (Lipinski definition) is 3. The Labute approximate surface area is 138 Å². The van der Waals surface area contributed by atoms with Crippen LogP contribution in [-0.4, -0.2) is 25.0 Å². The van der Waals surface area contributed by atoms with Crippen molar-refractivity contribution in [3.8, 4) is 0 Å². The fraction of sp³-hybridized carbons (Fsp3) is 0.579. The molecule has 1 saturated carbocycles. The molecule has 2 rings (SSSR count). The number of carbonyl (C=O) groups is 2. The largest absolute Gasteiger partial charge is 0.467 e. The molecule has 1 aromatic carbocycles. The van der Waals surface area contributed by atoms with Gasteiger partial charge in [-0.3, -0.25) is 4.79 Å². The van der Waals surface area contributed by atoms with Gasteiger partial charge < -0.3 is 10.1 Å². The number of nitrogens with one attached hydrogen (secondary N) is 1. The Morgan fingerprint density at radius 1 is 1.17 bits per heavy atom. The molecule has 0 bridgehead atoms. The molecule has 1 N–H and O–H groups in total. The highest BCUT2D eigenvalue weighted by atomic mass is 16.5. The first-order valence-corrected chi connectivity index (χ1v) is 8.63. The van der Waals surface area contributed by atoms with Gasteiger partial charge in [0.05, 0.1) is 7.11 Å². The van der Waals surface area contributed by atoms with E-state index in [2.05, 4.69) is 17.4 Å². The van der Waals surface area contributed by atoms with Crippen LogP contribution in [0.3, 0.4) is 0 Å². The third-order valence-corrected chi connectivity index (χ3v) is 4.58. The number of ether oxygens (including phenoxy) is 1. The second kappa shape index (κ2) is 9.33. The predicted octanol–water partition coefficient (Wildman–Crippen LogP) is 3.25. The van der Waals surface area contributed by atoms with E-state index in [9.17, 15) is 9.59 Å². The van der Waals surface area contributed by atoms with Crippen LogP contribution in [0.1, 0.15) is 50.5 Å². The summed E-state index contributed by atoms with van der Waals surface area (Å²) < 4.78 is 4.85. The number of methoxy groups -OCH3 is 1. The minimum Gasteiger partial charge on any atom is -0.467 e. The molecule has 0 saturated heterocycles. The van der Waals surface area contributed by atoms with Gasteiger partial charge in [0.25, 0.3) is 0 Å². The third-order valence-electron chi connectivity index (χ3n) is 4.58. The van der Waals surface area contributed by atoms with E-state index < -0.39 is 6.04 Å². The molecule has 0 spiro atoms. The molecule has 0 unspecified atom stereocenters. The molecule has 1 atom stereocenters. The summed E-state index contributed by atoms with van der Waals surface area (Å²) in [5.41, 5.74) is 1.25. The SMILES string of the molecule is COC(=O)[C@H](CCCc1ccccc1)NC(=O)C1CCCCC1. The molecule has 1 aliphatic carbocycles. The molecule has 1 aliphatic rings. The first kappa shape index (κ1) is 17.5. The Morgan fingerprint density at radius 3 is 2.52 bits per heavy atom. The number of carbonyl (C=O) groups excluding carboxylic acids is 2. The first-order valence-electron chi connectivity index (χ1n) is 8.63. The quantitative estimate of drug-likeness (QED) is 0.785. The van der Waals surface area contributed by atoms with Gasteiger partial charge in [-0.15, -0.1) is 0 Å². The molecule has 4 heteroatoms. The molecule has 0 aromatic heterocycles. The van der Waals surface area contributed by atoms with E-state index in [0.717, 1.165) is 38.5 Å². The lowest BCUT2D eigenvalue weighted by atomic mass is 9.88. The van der Waals surface area contributed by atoms with Gasteiger partial charge in [-0.25, -0.2) is 4.79 Å². The van der Waals surface area contributed by atoms with Gasteiger partial charge in [-0.05, 0) is 37.7 Å². The minimum atomic E-state index is -0.530. The molecular formula is C19H27NO3. The topological polar surface area (TPSA) is 55.4 Å². The summed E-state index contributed by atoms with van der Waals surface area (Å²) in [4.78, 5) is 24.3. The molecule has 126 valence electrons. The highest BCUT2D eigenvalue weighted by Gasteiger charge is 2.26. The zero-order chi connectivity index (χ0) is 16.5. The van der Waals surface area contributed by atoms with E-state index in [0.29, 0.717) is 6.42 Å². The van der Waals surface area contributed by atoms with Gasteiger partial charge in [0, 0.05) is 5.92 Å². The highest BCUT2D eigenvalue weighted by Crippen LogP contribution is 2.24. The zero-order valence-electron chi connectivity index (χ0n) is 13.9. The van der Waals surface area contributed by atoms with E-state index in [1.807, 2.05) is 18.2 Å². The van der Waals surface area contributed by atoms with Crippen LogP contribution < -0.4 is 5.32 Å². The van der Waals surface area contributed by atoms with E-state index in [4.69, 9.17) is 4.74 Å². The summed E-state index contributed by atoms with van der Waals surface area (Å²) in [5.74, 6) is -0.271. The van der Waals surface area contributed by atoms with Crippen molar-refractivity contribution in [1.82, 2.24) is 5.32 Å². The smallest absolute Gasteiger partial charge is 0.328 e. The average molecular weight is 317 g/mol. The first-order chi connectivity index (χ1) is 11.2. The normalized spacial score (nSPS) is 16.6. The van der Waals surface area contributed by atoms with Crippen molar-refractivity contribution in [2.24, 2.45) is 5.92 Å². The van der Waals surface area contributed by atoms with Crippen molar-refractivity contribution in [3.05, 3.63) is 35.9 Å². The Kier molecular flexibility index (Phi) is 7.11. The lowest BCUT2D eigenvalue weighted by Crippen LogP contribution is -2.44. The minimum absolute atomic E-state index is 0.0137. The molecule has 0 aliphatic heterocycles. The van der Waals surface area contributed by atoms with Gasteiger partial charge in [-0.2, -0.15) is 0 Å². The molecular weight excluding hydrogens is 290 g/mol. The number of aryl methyl sites for hydroxylation is 1. The Morgan fingerprint density at radius 2 is 1.87 bits per heavy atom. The predicted molar refractivity (Wildman–Crippen MR) is 89.9 cm³/mol. The highest BCUT2D eigenvalue weighted by molar-refractivity contribution is 5.85. The lowest BCUT2D eigenvalue weighted by molar-refractivity contribution is -0.146. The van der Waals surface area contributed by atoms with E-state index in [1.165, 1.54) is 19.1 Å². The van der Waals surface area contributed by atoms with E-state index >= 15 is 0 Å². The van der Waals surface area contributed by atoms with Gasteiger partial charge in [0.2, 0.25) is 5.91 Å². The average Bonchev–Trinajstić information content (AvgIpc) is 2.61. The van der Waals surface area contributed by atoms with Crippen LogP contribution in [0.25, 0.3) is 0 Å². The van der Waals surface area contributed by atoms with Crippen molar-refractivity contribution in [3.63, 3.8) is 0 Å². The third kappa shape index (κ3) is 5.70. The summed E-state index contributed by atoms with van der Waals surface area (Å²) in [7, 11) is 1.37. The molecule has 1 aromatic rings. The molecule has 4 nitrogen and oxygen atoms in total. The standard InChI is InChI=1S/C19H27NO3/c1-23-19(22)17(14-8-11-15-9-4-2-5-10-15)20-18(21)16-12-6-3-7-13-16/h2,4-5,9-10,16-17H,3,6-8,11-14H2,1H3,(H,20,21)/t17-/m0/s1. The van der Waals surface area contributed by atoms with Crippen molar-refractivity contribution in [2.75, 3.05) is 7.11 Å². The number of benzene rings is 1. The van der Waals surface area contributed by atoms with Gasteiger partial charge in [0.1, 0.15) is 6.04 Å². The number of hydrogen-bond donors (Lipinski definition) is 1. The zero-order valence-corrected chi connectivity index (χ0v) is 13.9. The van der Waals surface area contributed by atoms with Crippen molar-refractivity contribution >= 4 is 11.9 Å². The molecule has 0 radical (unpaired) electrons. The monoisotopic (exact) mass is 317 g/mol. The van der Waals surface area contributed by atoms with E-state index in [1.54, 1.807) is 0 Å². The summed E-state index contributed by atoms with van der Waals surface area (Å²) in [5, 5.41) is 2.91. The molecule has 23 heavy (non-hydrogen) atoms. The lowest BCUT2D eigenvalue weighted by Gasteiger charge is -2.24. The van der Waals surface area contributed by atoms with Crippen molar-refractivity contribution in [2.45, 2.75) is 57.4 Å². The summed E-state index contributed by atoms with van der Waals surface area (Å²) in [6.45, 7) is 0. The Bertz CT molecular complexity index is 495. The van der Waals surface area contributed by atoms with Crippen LogP contribution in [0.5, 0.6) is 0 Å². The molecule has 1 fully saturated rings. The Balaban J connectivity index is 1.83. The van der Waals surface area contributed by atoms with E-state index in [-0.39, 0.29) is 17.8 Å². The van der Waals surface area contributed by atoms with Crippen molar-refractivity contribution < 1.29 is 14.3 Å². The van der Waals surface area contributed by atoms with Gasteiger partial charge >= 0.3 is 5.97 Å². The maximum atomic E-state index is 12.3. The summed E-state index contributed by atoms with van der Waals surface area (Å²) in [6, 6.07) is 9.64. The van der Waals surface area contributed by atoms with Crippen LogP contribution in [0.4, 0.5) is 0 Å². The molecule has 1 amide bonds. The maximum Gasteiger partial charge on any atom is 0.328 e. The van der Waals surface area contributed by atoms with Crippen LogP contribution >= 0.6 is 0 Å². The number of rotatable bonds is 7. The second-order valence-corrected chi connectivity index (χ2v) is 6.30. The van der Waals surface area contributed by atoms with Gasteiger partial charge in [0.15, 0.2) is 0 Å². The van der Waals surface area contributed by atoms with Crippen LogP contribution in [0.15, 0.2) is 30.3 Å². The fourth-order valence-electron chi connectivity index (χ4n) is 3.20. The van der Waals surface area contributed by atoms with Gasteiger partial charge in [-0.1, -0.05) is 49.6 Å². The fourth-order valence-corrected chi connectivity index (χ4v) is 3.20. The van der Waals surface area contributed by atoms with Crippen LogP contribution in [-0.2, 0) is 20.7 Å². The molecule has 0 heterocycles. The van der Waals surface area contributed by atoms with Crippen LogP contribution in [0.2, 0.25) is 0 Å². The second-order valence-electron chi connectivity index (χ2n) is 6.30. The maximum absolute atomic E-state index is 12.3. The number of esters is 1.